The maximum Gasteiger partial charge on any atom is 0.216 e. The molecule has 1 aliphatic heterocycles. The number of hydrogen-bond acceptors (Lipinski definition) is 3. The molecule has 15 heavy (non-hydrogen) atoms. The van der Waals surface area contributed by atoms with E-state index in [9.17, 15) is 17.6 Å². The van der Waals surface area contributed by atoms with Gasteiger partial charge >= 0.3 is 0 Å². The largest absolute Gasteiger partial charge is 0.232 e. The molecule has 0 atom stereocenters. The maximum atomic E-state index is 13.4. The van der Waals surface area contributed by atoms with Crippen molar-refractivity contribution in [1.82, 2.24) is 0 Å². The molecule has 0 fully saturated rings. The van der Waals surface area contributed by atoms with Gasteiger partial charge in [0.15, 0.2) is 0 Å². The van der Waals surface area contributed by atoms with E-state index in [-0.39, 0.29) is 16.2 Å². The zero-order valence-electron chi connectivity index (χ0n) is 7.66. The van der Waals surface area contributed by atoms with Gasteiger partial charge in [0.2, 0.25) is 9.84 Å². The topological polar surface area (TPSA) is 51.2 Å². The smallest absolute Gasteiger partial charge is 0.216 e. The molecule has 0 aromatic heterocycles. The van der Waals surface area contributed by atoms with Gasteiger partial charge in [-0.05, 0) is 24.5 Å². The van der Waals surface area contributed by atoms with Crippen LogP contribution in [0.1, 0.15) is 12.0 Å². The Labute approximate surface area is 86.1 Å². The predicted octanol–water partition coefficient (Wildman–Crippen LogP) is 1.26. The molecule has 0 unspecified atom stereocenters. The van der Waals surface area contributed by atoms with Crippen LogP contribution >= 0.6 is 0 Å². The molecular weight excluding hydrogens is 219 g/mol. The van der Waals surface area contributed by atoms with Gasteiger partial charge in [-0.15, -0.1) is 0 Å². The molecule has 0 spiro atoms. The number of fused-ring (bicyclic) bond motifs is 1. The molecular formula is C10H7FO3S. The SMILES string of the molecule is O=C=C1CCc2cccc(F)c2S1(=O)=O. The van der Waals surface area contributed by atoms with Crippen LogP contribution in [-0.2, 0) is 21.1 Å². The van der Waals surface area contributed by atoms with Crippen LogP contribution in [0.25, 0.3) is 0 Å². The summed E-state index contributed by atoms with van der Waals surface area (Å²) >= 11 is 0. The van der Waals surface area contributed by atoms with Crippen LogP contribution in [0.15, 0.2) is 28.0 Å². The molecule has 0 saturated heterocycles. The highest BCUT2D eigenvalue weighted by Gasteiger charge is 2.32. The van der Waals surface area contributed by atoms with Crippen molar-refractivity contribution in [3.05, 3.63) is 34.5 Å². The van der Waals surface area contributed by atoms with Crippen molar-refractivity contribution in [2.75, 3.05) is 0 Å². The third-order valence-corrected chi connectivity index (χ3v) is 4.31. The van der Waals surface area contributed by atoms with E-state index in [4.69, 9.17) is 0 Å². The maximum absolute atomic E-state index is 13.4. The number of rotatable bonds is 0. The summed E-state index contributed by atoms with van der Waals surface area (Å²) in [6.45, 7) is 0. The lowest BCUT2D eigenvalue weighted by Crippen LogP contribution is -2.16. The van der Waals surface area contributed by atoms with E-state index in [1.54, 1.807) is 6.07 Å². The van der Waals surface area contributed by atoms with Crippen LogP contribution in [0.4, 0.5) is 4.39 Å². The Morgan fingerprint density at radius 3 is 2.67 bits per heavy atom. The molecule has 0 aliphatic carbocycles. The molecule has 0 amide bonds. The van der Waals surface area contributed by atoms with E-state index in [1.165, 1.54) is 12.0 Å². The number of benzene rings is 1. The van der Waals surface area contributed by atoms with Crippen LogP contribution in [0.5, 0.6) is 0 Å². The van der Waals surface area contributed by atoms with Gasteiger partial charge < -0.3 is 0 Å². The molecule has 78 valence electrons. The lowest BCUT2D eigenvalue weighted by Gasteiger charge is -2.16. The second-order valence-corrected chi connectivity index (χ2v) is 5.16. The van der Waals surface area contributed by atoms with Crippen molar-refractivity contribution in [1.29, 1.82) is 0 Å². The number of allylic oxidation sites excluding steroid dienone is 1. The van der Waals surface area contributed by atoms with Gasteiger partial charge in [0, 0.05) is 0 Å². The monoisotopic (exact) mass is 226 g/mol. The third kappa shape index (κ3) is 1.40. The first-order valence-corrected chi connectivity index (χ1v) is 5.82. The molecule has 0 N–H and O–H groups in total. The van der Waals surface area contributed by atoms with Gasteiger partial charge in [-0.3, -0.25) is 0 Å². The minimum atomic E-state index is -3.95. The third-order valence-electron chi connectivity index (χ3n) is 2.38. The fourth-order valence-corrected chi connectivity index (χ4v) is 3.23. The van der Waals surface area contributed by atoms with E-state index in [0.29, 0.717) is 12.0 Å². The van der Waals surface area contributed by atoms with Crippen molar-refractivity contribution >= 4 is 15.8 Å². The van der Waals surface area contributed by atoms with Crippen molar-refractivity contribution in [3.63, 3.8) is 0 Å². The highest BCUT2D eigenvalue weighted by molar-refractivity contribution is 7.95. The summed E-state index contributed by atoms with van der Waals surface area (Å²) in [5.74, 6) is 0.569. The Balaban J connectivity index is 2.83. The molecule has 3 nitrogen and oxygen atoms in total. The first kappa shape index (κ1) is 10.1. The summed E-state index contributed by atoms with van der Waals surface area (Å²) in [5, 5.41) is 0. The minimum Gasteiger partial charge on any atom is -0.232 e. The van der Waals surface area contributed by atoms with E-state index in [2.05, 4.69) is 0 Å². The summed E-state index contributed by atoms with van der Waals surface area (Å²) in [6.07, 6.45) is 0.458. The number of carbonyl (C=O) groups excluding carboxylic acids is 1. The lowest BCUT2D eigenvalue weighted by molar-refractivity contribution is 0.555. The molecule has 1 aromatic carbocycles. The number of halogens is 1. The standard InChI is InChI=1S/C10H7FO3S/c11-9-3-1-2-7-4-5-8(6-12)15(13,14)10(7)9/h1-3H,4-5H2. The molecule has 0 saturated carbocycles. The summed E-state index contributed by atoms with van der Waals surface area (Å²) in [5.41, 5.74) is 0.425. The minimum absolute atomic E-state index is 0.0995. The van der Waals surface area contributed by atoms with Crippen molar-refractivity contribution in [2.45, 2.75) is 17.7 Å². The van der Waals surface area contributed by atoms with E-state index >= 15 is 0 Å². The van der Waals surface area contributed by atoms with Crippen LogP contribution in [0, 0.1) is 5.82 Å². The van der Waals surface area contributed by atoms with E-state index in [0.717, 1.165) is 6.07 Å². The second kappa shape index (κ2) is 3.29. The summed E-state index contributed by atoms with van der Waals surface area (Å²) in [7, 11) is -3.95. The van der Waals surface area contributed by atoms with Gasteiger partial charge in [0.25, 0.3) is 0 Å². The normalized spacial score (nSPS) is 18.1. The Morgan fingerprint density at radius 2 is 2.00 bits per heavy atom. The molecule has 1 aromatic rings. The number of aryl methyl sites for hydroxylation is 1. The van der Waals surface area contributed by atoms with Gasteiger partial charge in [-0.1, -0.05) is 12.1 Å². The Bertz CT molecular complexity index is 568. The van der Waals surface area contributed by atoms with Crippen LogP contribution in [-0.4, -0.2) is 14.4 Å². The lowest BCUT2D eigenvalue weighted by atomic mass is 10.1. The second-order valence-electron chi connectivity index (χ2n) is 3.26. The Morgan fingerprint density at radius 1 is 1.27 bits per heavy atom. The number of hydrogen-bond donors (Lipinski definition) is 0. The first-order chi connectivity index (χ1) is 7.07. The fourth-order valence-electron chi connectivity index (χ4n) is 1.66. The average molecular weight is 226 g/mol. The van der Waals surface area contributed by atoms with Gasteiger partial charge in [0.05, 0.1) is 0 Å². The average Bonchev–Trinajstić information content (AvgIpc) is 2.17. The van der Waals surface area contributed by atoms with E-state index in [1.807, 2.05) is 0 Å². The fraction of sp³-hybridized carbons (Fsp3) is 0.200. The zero-order valence-corrected chi connectivity index (χ0v) is 8.47. The molecule has 5 heteroatoms. The van der Waals surface area contributed by atoms with Crippen molar-refractivity contribution < 1.29 is 17.6 Å². The molecule has 2 rings (SSSR count). The number of sulfone groups is 1. The zero-order chi connectivity index (χ0) is 11.1. The Kier molecular flexibility index (Phi) is 2.21. The van der Waals surface area contributed by atoms with Crippen molar-refractivity contribution in [2.24, 2.45) is 0 Å². The quantitative estimate of drug-likeness (QED) is 0.626. The molecule has 0 bridgehead atoms. The van der Waals surface area contributed by atoms with E-state index < -0.39 is 15.7 Å². The summed E-state index contributed by atoms with van der Waals surface area (Å²) in [4.78, 5) is 9.71. The predicted molar refractivity (Wildman–Crippen MR) is 51.1 cm³/mol. The molecule has 1 aliphatic rings. The van der Waals surface area contributed by atoms with Crippen molar-refractivity contribution in [3.8, 4) is 0 Å². The highest BCUT2D eigenvalue weighted by atomic mass is 32.2. The molecule has 0 radical (unpaired) electrons. The molecule has 1 heterocycles. The van der Waals surface area contributed by atoms with Crippen LogP contribution in [0.2, 0.25) is 0 Å². The first-order valence-electron chi connectivity index (χ1n) is 4.34. The highest BCUT2D eigenvalue weighted by Crippen LogP contribution is 2.32. The van der Waals surface area contributed by atoms with Crippen LogP contribution in [0.3, 0.4) is 0 Å². The van der Waals surface area contributed by atoms with Gasteiger partial charge in [-0.2, -0.15) is 0 Å². The van der Waals surface area contributed by atoms with Crippen LogP contribution < -0.4 is 0 Å². The Hall–Kier alpha value is -1.45. The van der Waals surface area contributed by atoms with Gasteiger partial charge in [0.1, 0.15) is 21.6 Å². The summed E-state index contributed by atoms with van der Waals surface area (Å²) < 4.78 is 36.8. The summed E-state index contributed by atoms with van der Waals surface area (Å²) in [6, 6.07) is 4.08. The van der Waals surface area contributed by atoms with Gasteiger partial charge in [-0.25, -0.2) is 17.6 Å².